The van der Waals surface area contributed by atoms with Crippen LogP contribution in [0.4, 0.5) is 0 Å². The van der Waals surface area contributed by atoms with Crippen molar-refractivity contribution in [3.8, 4) is 11.4 Å². The van der Waals surface area contributed by atoms with Crippen molar-refractivity contribution in [3.05, 3.63) is 54.6 Å². The van der Waals surface area contributed by atoms with Crippen molar-refractivity contribution in [2.24, 2.45) is 0 Å². The van der Waals surface area contributed by atoms with Gasteiger partial charge >= 0.3 is 5.97 Å². The second-order valence-corrected chi connectivity index (χ2v) is 6.50. The van der Waals surface area contributed by atoms with Gasteiger partial charge < -0.3 is 4.74 Å². The number of carbonyl (C=O) groups is 1. The lowest BCUT2D eigenvalue weighted by atomic mass is 10.2. The largest absolute Gasteiger partial charge is 0.465 e. The van der Waals surface area contributed by atoms with Gasteiger partial charge in [0.2, 0.25) is 0 Å². The molecule has 4 rings (SSSR count). The van der Waals surface area contributed by atoms with E-state index in [1.165, 1.54) is 11.8 Å². The summed E-state index contributed by atoms with van der Waals surface area (Å²) >= 11 is 1.30. The zero-order valence-corrected chi connectivity index (χ0v) is 14.9. The maximum Gasteiger partial charge on any atom is 0.316 e. The molecule has 0 saturated carbocycles. The van der Waals surface area contributed by atoms with Crippen LogP contribution in [0.15, 0.2) is 59.8 Å². The highest BCUT2D eigenvalue weighted by Crippen LogP contribution is 2.28. The van der Waals surface area contributed by atoms with E-state index in [0.29, 0.717) is 11.8 Å². The Morgan fingerprint density at radius 3 is 2.65 bits per heavy atom. The molecule has 7 heteroatoms. The molecule has 0 unspecified atom stereocenters. The van der Waals surface area contributed by atoms with Crippen molar-refractivity contribution >= 4 is 34.3 Å². The van der Waals surface area contributed by atoms with Gasteiger partial charge in [0.15, 0.2) is 10.8 Å². The smallest absolute Gasteiger partial charge is 0.316 e. The molecule has 26 heavy (non-hydrogen) atoms. The third-order valence-electron chi connectivity index (χ3n) is 3.87. The fraction of sp³-hybridized carbons (Fsp3) is 0.158. The summed E-state index contributed by atoms with van der Waals surface area (Å²) in [5.41, 5.74) is 2.54. The molecule has 0 atom stereocenters. The molecule has 0 aliphatic rings. The van der Waals surface area contributed by atoms with Gasteiger partial charge in [0.1, 0.15) is 5.82 Å². The van der Waals surface area contributed by atoms with Crippen LogP contribution < -0.4 is 0 Å². The Morgan fingerprint density at radius 2 is 1.85 bits per heavy atom. The first-order chi connectivity index (χ1) is 12.8. The molecule has 0 spiro atoms. The molecule has 0 radical (unpaired) electrons. The normalized spacial score (nSPS) is 11.1. The van der Waals surface area contributed by atoms with Gasteiger partial charge in [0.05, 0.1) is 17.9 Å². The summed E-state index contributed by atoms with van der Waals surface area (Å²) in [6.07, 6.45) is 0. The Labute approximate surface area is 154 Å². The molecule has 6 nitrogen and oxygen atoms in total. The van der Waals surface area contributed by atoms with Crippen LogP contribution in [-0.4, -0.2) is 37.9 Å². The van der Waals surface area contributed by atoms with Gasteiger partial charge in [-0.3, -0.25) is 9.20 Å². The Hall–Kier alpha value is -2.93. The van der Waals surface area contributed by atoms with Gasteiger partial charge in [-0.1, -0.05) is 54.2 Å². The fourth-order valence-electron chi connectivity index (χ4n) is 2.76. The van der Waals surface area contributed by atoms with Crippen molar-refractivity contribution in [1.82, 2.24) is 19.6 Å². The van der Waals surface area contributed by atoms with Crippen LogP contribution in [0.2, 0.25) is 0 Å². The van der Waals surface area contributed by atoms with Gasteiger partial charge in [-0.15, -0.1) is 10.2 Å². The van der Waals surface area contributed by atoms with Crippen LogP contribution in [0.25, 0.3) is 27.9 Å². The standard InChI is InChI=1S/C19H16N4O2S/c1-2-25-16(24)12-26-19-22-21-18-14-10-6-7-11-15(14)20-17(23(18)19)13-8-4-3-5-9-13/h3-11H,2,12H2,1H3. The van der Waals surface area contributed by atoms with Crippen LogP contribution in [0.1, 0.15) is 6.92 Å². The zero-order valence-electron chi connectivity index (χ0n) is 14.1. The average Bonchev–Trinajstić information content (AvgIpc) is 3.11. The molecule has 0 fully saturated rings. The van der Waals surface area contributed by atoms with E-state index in [4.69, 9.17) is 9.72 Å². The minimum absolute atomic E-state index is 0.176. The van der Waals surface area contributed by atoms with E-state index in [2.05, 4.69) is 10.2 Å². The molecule has 4 aromatic rings. The molecule has 0 aliphatic heterocycles. The topological polar surface area (TPSA) is 69.4 Å². The third-order valence-corrected chi connectivity index (χ3v) is 4.78. The van der Waals surface area contributed by atoms with Crippen LogP contribution in [-0.2, 0) is 9.53 Å². The van der Waals surface area contributed by atoms with E-state index in [9.17, 15) is 4.79 Å². The SMILES string of the molecule is CCOC(=O)CSc1nnc2c3ccccc3nc(-c3ccccc3)n12. The molecular formula is C19H16N4O2S. The molecule has 2 aromatic carbocycles. The molecule has 0 aliphatic carbocycles. The lowest BCUT2D eigenvalue weighted by Crippen LogP contribution is -2.07. The number of aromatic nitrogens is 4. The summed E-state index contributed by atoms with van der Waals surface area (Å²) in [6.45, 7) is 2.15. The van der Waals surface area contributed by atoms with Crippen molar-refractivity contribution in [3.63, 3.8) is 0 Å². The van der Waals surface area contributed by atoms with Gasteiger partial charge in [-0.2, -0.15) is 0 Å². The van der Waals surface area contributed by atoms with Crippen molar-refractivity contribution in [1.29, 1.82) is 0 Å². The van der Waals surface area contributed by atoms with Crippen molar-refractivity contribution in [2.45, 2.75) is 12.1 Å². The Morgan fingerprint density at radius 1 is 1.08 bits per heavy atom. The second kappa shape index (κ2) is 7.13. The zero-order chi connectivity index (χ0) is 17.9. The quantitative estimate of drug-likeness (QED) is 0.398. The molecular weight excluding hydrogens is 348 g/mol. The lowest BCUT2D eigenvalue weighted by molar-refractivity contribution is -0.139. The highest BCUT2D eigenvalue weighted by molar-refractivity contribution is 7.99. The maximum atomic E-state index is 11.7. The number of thioether (sulfide) groups is 1. The molecule has 0 amide bonds. The van der Waals surface area contributed by atoms with Crippen LogP contribution in [0.3, 0.4) is 0 Å². The van der Waals surface area contributed by atoms with Crippen molar-refractivity contribution in [2.75, 3.05) is 12.4 Å². The predicted octanol–water partition coefficient (Wildman–Crippen LogP) is 3.60. The highest BCUT2D eigenvalue weighted by atomic mass is 32.2. The first kappa shape index (κ1) is 16.5. The number of hydrogen-bond donors (Lipinski definition) is 0. The number of carbonyl (C=O) groups excluding carboxylic acids is 1. The number of ether oxygens (including phenoxy) is 1. The Kier molecular flexibility index (Phi) is 4.53. The van der Waals surface area contributed by atoms with E-state index in [1.807, 2.05) is 59.0 Å². The second-order valence-electron chi connectivity index (χ2n) is 5.55. The minimum atomic E-state index is -0.274. The molecule has 130 valence electrons. The van der Waals surface area contributed by atoms with Gasteiger partial charge in [0, 0.05) is 10.9 Å². The summed E-state index contributed by atoms with van der Waals surface area (Å²) in [5.74, 6) is 0.648. The summed E-state index contributed by atoms with van der Waals surface area (Å²) in [5, 5.41) is 10.2. The molecule has 2 heterocycles. The van der Waals surface area contributed by atoms with Crippen LogP contribution >= 0.6 is 11.8 Å². The van der Waals surface area contributed by atoms with Crippen LogP contribution in [0.5, 0.6) is 0 Å². The summed E-state index contributed by atoms with van der Waals surface area (Å²) in [4.78, 5) is 16.5. The minimum Gasteiger partial charge on any atom is -0.465 e. The number of fused-ring (bicyclic) bond motifs is 3. The summed E-state index contributed by atoms with van der Waals surface area (Å²) < 4.78 is 6.91. The fourth-order valence-corrected chi connectivity index (χ4v) is 3.49. The van der Waals surface area contributed by atoms with E-state index in [0.717, 1.165) is 27.9 Å². The highest BCUT2D eigenvalue weighted by Gasteiger charge is 2.17. The number of para-hydroxylation sites is 1. The third kappa shape index (κ3) is 3.01. The summed E-state index contributed by atoms with van der Waals surface area (Å²) in [6, 6.07) is 17.7. The van der Waals surface area contributed by atoms with Gasteiger partial charge in [0.25, 0.3) is 0 Å². The van der Waals surface area contributed by atoms with Crippen LogP contribution in [0, 0.1) is 0 Å². The molecule has 2 aromatic heterocycles. The number of rotatable bonds is 5. The van der Waals surface area contributed by atoms with Crippen molar-refractivity contribution < 1.29 is 9.53 Å². The monoisotopic (exact) mass is 364 g/mol. The number of benzene rings is 2. The predicted molar refractivity (Wildman–Crippen MR) is 101 cm³/mol. The first-order valence-electron chi connectivity index (χ1n) is 8.25. The van der Waals surface area contributed by atoms with Gasteiger partial charge in [-0.25, -0.2) is 4.98 Å². The first-order valence-corrected chi connectivity index (χ1v) is 9.24. The van der Waals surface area contributed by atoms with Gasteiger partial charge in [-0.05, 0) is 19.1 Å². The van der Waals surface area contributed by atoms with E-state index in [-0.39, 0.29) is 11.7 Å². The molecule has 0 bridgehead atoms. The Bertz CT molecular complexity index is 1080. The number of hydrogen-bond acceptors (Lipinski definition) is 6. The molecule has 0 N–H and O–H groups in total. The van der Waals surface area contributed by atoms with E-state index >= 15 is 0 Å². The number of nitrogens with zero attached hydrogens (tertiary/aromatic N) is 4. The summed E-state index contributed by atoms with van der Waals surface area (Å²) in [7, 11) is 0. The lowest BCUT2D eigenvalue weighted by Gasteiger charge is -2.09. The van der Waals surface area contributed by atoms with E-state index in [1.54, 1.807) is 6.92 Å². The number of esters is 1. The Balaban J connectivity index is 1.89. The molecule has 0 saturated heterocycles. The maximum absolute atomic E-state index is 11.7. The van der Waals surface area contributed by atoms with E-state index < -0.39 is 0 Å². The average molecular weight is 364 g/mol.